The van der Waals surface area contributed by atoms with Gasteiger partial charge in [-0.3, -0.25) is 4.79 Å². The molecule has 0 fully saturated rings. The molecule has 0 atom stereocenters. The Morgan fingerprint density at radius 3 is 2.67 bits per heavy atom. The number of imidazole rings is 1. The van der Waals surface area contributed by atoms with E-state index in [2.05, 4.69) is 16.3 Å². The first-order valence-electron chi connectivity index (χ1n) is 2.65. The summed E-state index contributed by atoms with van der Waals surface area (Å²) in [6.45, 7) is 3.26. The number of rotatable bonds is 1. The number of hydrogen-bond acceptors (Lipinski definition) is 2. The molecule has 3 heteroatoms. The zero-order valence-corrected chi connectivity index (χ0v) is 5.36. The summed E-state index contributed by atoms with van der Waals surface area (Å²) in [5.74, 6) is 0.00116. The van der Waals surface area contributed by atoms with Gasteiger partial charge in [0.2, 0.25) is 0 Å². The first-order valence-corrected chi connectivity index (χ1v) is 2.65. The number of H-pyrrole nitrogens is 1. The van der Waals surface area contributed by atoms with Crippen molar-refractivity contribution < 1.29 is 4.79 Å². The summed E-state index contributed by atoms with van der Waals surface area (Å²) >= 11 is 0. The van der Waals surface area contributed by atoms with E-state index in [0.29, 0.717) is 11.4 Å². The van der Waals surface area contributed by atoms with Gasteiger partial charge in [-0.1, -0.05) is 0 Å². The largest absolute Gasteiger partial charge is 0.333 e. The number of carbonyl (C=O) groups is 1. The lowest BCUT2D eigenvalue weighted by Crippen LogP contribution is -1.94. The molecule has 47 valence electrons. The van der Waals surface area contributed by atoms with Gasteiger partial charge in [-0.2, -0.15) is 0 Å². The first-order chi connectivity index (χ1) is 4.22. The number of carbonyl (C=O) groups excluding carboxylic acids is 1. The molecule has 0 unspecified atom stereocenters. The van der Waals surface area contributed by atoms with E-state index in [-0.39, 0.29) is 5.78 Å². The summed E-state index contributed by atoms with van der Waals surface area (Å²) in [4.78, 5) is 17.0. The maximum Gasteiger partial charge on any atom is 0.177 e. The van der Waals surface area contributed by atoms with E-state index in [1.807, 2.05) is 0 Å². The van der Waals surface area contributed by atoms with Crippen LogP contribution in [-0.2, 0) is 0 Å². The summed E-state index contributed by atoms with van der Waals surface area (Å²) in [5, 5.41) is 0. The van der Waals surface area contributed by atoms with E-state index in [0.717, 1.165) is 0 Å². The predicted molar refractivity (Wildman–Crippen MR) is 32.2 cm³/mol. The van der Waals surface area contributed by atoms with Crippen LogP contribution in [0.3, 0.4) is 0 Å². The maximum atomic E-state index is 10.6. The van der Waals surface area contributed by atoms with Crippen LogP contribution in [0, 0.1) is 13.3 Å². The molecule has 9 heavy (non-hydrogen) atoms. The summed E-state index contributed by atoms with van der Waals surface area (Å²) < 4.78 is 0. The third kappa shape index (κ3) is 0.988. The highest BCUT2D eigenvalue weighted by Gasteiger charge is 2.03. The molecular weight excluding hydrogens is 116 g/mol. The molecule has 0 amide bonds. The summed E-state index contributed by atoms with van der Waals surface area (Å²) in [6.07, 6.45) is 2.48. The SMILES string of the molecule is CC(=O)c1[nH][c]nc1C. The molecule has 3 nitrogen and oxygen atoms in total. The Kier molecular flexibility index (Phi) is 1.34. The Morgan fingerprint density at radius 2 is 2.44 bits per heavy atom. The molecule has 0 saturated carbocycles. The van der Waals surface area contributed by atoms with Crippen molar-refractivity contribution in [2.45, 2.75) is 13.8 Å². The average molecular weight is 123 g/mol. The molecule has 0 saturated heterocycles. The third-order valence-corrected chi connectivity index (χ3v) is 1.12. The van der Waals surface area contributed by atoms with Gasteiger partial charge in [-0.15, -0.1) is 0 Å². The molecule has 1 rings (SSSR count). The second kappa shape index (κ2) is 2.01. The minimum Gasteiger partial charge on any atom is -0.333 e. The topological polar surface area (TPSA) is 45.8 Å². The van der Waals surface area contributed by atoms with E-state index in [1.54, 1.807) is 6.92 Å². The molecular formula is C6H7N2O. The first kappa shape index (κ1) is 6.01. The van der Waals surface area contributed by atoms with Gasteiger partial charge in [0.25, 0.3) is 0 Å². The van der Waals surface area contributed by atoms with Gasteiger partial charge in [0.1, 0.15) is 5.69 Å². The van der Waals surface area contributed by atoms with Crippen molar-refractivity contribution >= 4 is 5.78 Å². The van der Waals surface area contributed by atoms with Crippen LogP contribution in [-0.4, -0.2) is 15.8 Å². The standard InChI is InChI=1S/C6H7N2O/c1-4-6(5(2)9)8-3-7-4/h1-2H3,(H,7,8). The zero-order valence-electron chi connectivity index (χ0n) is 5.36. The lowest BCUT2D eigenvalue weighted by atomic mass is 10.3. The van der Waals surface area contributed by atoms with Gasteiger partial charge in [-0.05, 0) is 6.92 Å². The van der Waals surface area contributed by atoms with E-state index in [1.165, 1.54) is 6.92 Å². The minimum atomic E-state index is 0.00116. The Labute approximate surface area is 53.1 Å². The molecule has 0 spiro atoms. The fraction of sp³-hybridized carbons (Fsp3) is 0.333. The van der Waals surface area contributed by atoms with Gasteiger partial charge in [0.05, 0.1) is 5.69 Å². The molecule has 0 aliphatic rings. The lowest BCUT2D eigenvalue weighted by Gasteiger charge is -1.86. The third-order valence-electron chi connectivity index (χ3n) is 1.12. The zero-order chi connectivity index (χ0) is 6.85. The van der Waals surface area contributed by atoms with E-state index >= 15 is 0 Å². The Balaban J connectivity index is 3.08. The molecule has 1 radical (unpaired) electrons. The van der Waals surface area contributed by atoms with Crippen LogP contribution in [0.1, 0.15) is 23.1 Å². The highest BCUT2D eigenvalue weighted by atomic mass is 16.1. The minimum absolute atomic E-state index is 0.00116. The molecule has 0 aliphatic carbocycles. The fourth-order valence-corrected chi connectivity index (χ4v) is 0.657. The van der Waals surface area contributed by atoms with Crippen molar-refractivity contribution in [3.63, 3.8) is 0 Å². The maximum absolute atomic E-state index is 10.6. The van der Waals surface area contributed by atoms with E-state index in [9.17, 15) is 4.79 Å². The number of nitrogens with one attached hydrogen (secondary N) is 1. The number of hydrogen-bond donors (Lipinski definition) is 1. The molecule has 0 aliphatic heterocycles. The van der Waals surface area contributed by atoms with Gasteiger partial charge in [-0.25, -0.2) is 4.98 Å². The van der Waals surface area contributed by atoms with Gasteiger partial charge in [0, 0.05) is 6.92 Å². The Bertz CT molecular complexity index is 227. The summed E-state index contributed by atoms with van der Waals surface area (Å²) in [7, 11) is 0. The number of nitrogens with zero attached hydrogens (tertiary/aromatic N) is 1. The van der Waals surface area contributed by atoms with Crippen LogP contribution in [0.4, 0.5) is 0 Å². The van der Waals surface area contributed by atoms with Crippen LogP contribution in [0.5, 0.6) is 0 Å². The van der Waals surface area contributed by atoms with E-state index in [4.69, 9.17) is 0 Å². The molecule has 1 aromatic heterocycles. The smallest absolute Gasteiger partial charge is 0.177 e. The highest BCUT2D eigenvalue weighted by molar-refractivity contribution is 5.93. The van der Waals surface area contributed by atoms with Crippen LogP contribution in [0.25, 0.3) is 0 Å². The average Bonchev–Trinajstić information content (AvgIpc) is 2.13. The van der Waals surface area contributed by atoms with Crippen LogP contribution in [0.15, 0.2) is 0 Å². The highest BCUT2D eigenvalue weighted by Crippen LogP contribution is 1.99. The fourth-order valence-electron chi connectivity index (χ4n) is 0.657. The van der Waals surface area contributed by atoms with Crippen molar-refractivity contribution in [3.05, 3.63) is 17.7 Å². The summed E-state index contributed by atoms with van der Waals surface area (Å²) in [6, 6.07) is 0. The second-order valence-electron chi connectivity index (χ2n) is 1.87. The van der Waals surface area contributed by atoms with Gasteiger partial charge >= 0.3 is 0 Å². The second-order valence-corrected chi connectivity index (χ2v) is 1.87. The Morgan fingerprint density at radius 1 is 1.78 bits per heavy atom. The monoisotopic (exact) mass is 123 g/mol. The molecule has 1 heterocycles. The number of ketones is 1. The lowest BCUT2D eigenvalue weighted by molar-refractivity contribution is 0.101. The quantitative estimate of drug-likeness (QED) is 0.559. The molecule has 0 aromatic carbocycles. The van der Waals surface area contributed by atoms with Crippen molar-refractivity contribution in [3.8, 4) is 0 Å². The van der Waals surface area contributed by atoms with Crippen molar-refractivity contribution in [1.82, 2.24) is 9.97 Å². The van der Waals surface area contributed by atoms with Gasteiger partial charge < -0.3 is 4.98 Å². The molecule has 0 bridgehead atoms. The van der Waals surface area contributed by atoms with Crippen molar-refractivity contribution in [2.75, 3.05) is 0 Å². The van der Waals surface area contributed by atoms with Crippen molar-refractivity contribution in [2.24, 2.45) is 0 Å². The van der Waals surface area contributed by atoms with Gasteiger partial charge in [0.15, 0.2) is 12.1 Å². The number of Topliss-reactive ketones (excluding diaryl/α,β-unsaturated/α-hetero) is 1. The van der Waals surface area contributed by atoms with Crippen LogP contribution < -0.4 is 0 Å². The predicted octanol–water partition coefficient (Wildman–Crippen LogP) is 0.721. The number of aromatic nitrogens is 2. The Hall–Kier alpha value is -1.12. The summed E-state index contributed by atoms with van der Waals surface area (Å²) in [5.41, 5.74) is 1.26. The molecule has 1 aromatic rings. The number of aromatic amines is 1. The van der Waals surface area contributed by atoms with Crippen molar-refractivity contribution in [1.29, 1.82) is 0 Å². The number of aryl methyl sites for hydroxylation is 1. The van der Waals surface area contributed by atoms with Crippen LogP contribution >= 0.6 is 0 Å². The normalized spacial score (nSPS) is 9.56. The van der Waals surface area contributed by atoms with Crippen LogP contribution in [0.2, 0.25) is 0 Å². The molecule has 1 N–H and O–H groups in total. The van der Waals surface area contributed by atoms with E-state index < -0.39 is 0 Å².